The minimum Gasteiger partial charge on any atom is -0.468 e. The number of ether oxygens (including phenoxy) is 1. The van der Waals surface area contributed by atoms with Crippen LogP contribution in [0.1, 0.15) is 31.7 Å². The van der Waals surface area contributed by atoms with Crippen molar-refractivity contribution in [1.29, 1.82) is 0 Å². The lowest BCUT2D eigenvalue weighted by Crippen LogP contribution is -2.64. The van der Waals surface area contributed by atoms with Gasteiger partial charge in [0.1, 0.15) is 11.7 Å². The maximum Gasteiger partial charge on any atom is 0.271 e. The Morgan fingerprint density at radius 1 is 1.31 bits per heavy atom. The van der Waals surface area contributed by atoms with Gasteiger partial charge in [0.05, 0.1) is 4.92 Å². The molecule has 2 aromatic carbocycles. The van der Waals surface area contributed by atoms with Crippen LogP contribution in [0.4, 0.5) is 11.4 Å². The molecule has 2 aromatic rings. The Hall–Kier alpha value is -3.42. The van der Waals surface area contributed by atoms with Crippen molar-refractivity contribution in [2.24, 2.45) is 5.92 Å². The Kier molecular flexibility index (Phi) is 4.49. The van der Waals surface area contributed by atoms with Gasteiger partial charge in [-0.2, -0.15) is 0 Å². The molecule has 0 aromatic heterocycles. The van der Waals surface area contributed by atoms with E-state index in [1.807, 2.05) is 38.1 Å². The number of nitrogens with one attached hydrogen (secondary N) is 1. The predicted octanol–water partition coefficient (Wildman–Crippen LogP) is 3.29. The standard InChI is InChI=1S/C21H21N3O5/c1-3-23-20(26)18(19(25)22-13-7-6-8-14(11-13)24(27)28)16-12-21(23,2)29-17-10-5-4-9-15(16)17/h4-11,16,18H,3,12H2,1-2H3,(H,22,25). The van der Waals surface area contributed by atoms with E-state index in [1.165, 1.54) is 18.2 Å². The summed E-state index contributed by atoms with van der Waals surface area (Å²) in [5.74, 6) is -1.38. The Bertz CT molecular complexity index is 1010. The molecular weight excluding hydrogens is 374 g/mol. The first-order valence-corrected chi connectivity index (χ1v) is 9.49. The molecule has 4 rings (SSSR count). The van der Waals surface area contributed by atoms with E-state index in [1.54, 1.807) is 11.0 Å². The zero-order valence-electron chi connectivity index (χ0n) is 16.1. The van der Waals surface area contributed by atoms with Crippen molar-refractivity contribution < 1.29 is 19.2 Å². The summed E-state index contributed by atoms with van der Waals surface area (Å²) >= 11 is 0. The molecule has 0 aliphatic carbocycles. The molecule has 3 atom stereocenters. The highest BCUT2D eigenvalue weighted by atomic mass is 16.6. The van der Waals surface area contributed by atoms with Crippen molar-refractivity contribution in [3.8, 4) is 5.75 Å². The van der Waals surface area contributed by atoms with Gasteiger partial charge in [0.15, 0.2) is 5.72 Å². The number of amides is 2. The average molecular weight is 395 g/mol. The first-order valence-electron chi connectivity index (χ1n) is 9.49. The van der Waals surface area contributed by atoms with Gasteiger partial charge in [-0.05, 0) is 31.5 Å². The van der Waals surface area contributed by atoms with Gasteiger partial charge in [-0.15, -0.1) is 0 Å². The second kappa shape index (κ2) is 6.88. The number of non-ortho nitro benzene ring substituents is 1. The second-order valence-electron chi connectivity index (χ2n) is 7.48. The summed E-state index contributed by atoms with van der Waals surface area (Å²) in [5.41, 5.74) is 0.173. The first-order chi connectivity index (χ1) is 13.8. The number of carbonyl (C=O) groups is 2. The van der Waals surface area contributed by atoms with Crippen LogP contribution in [0.15, 0.2) is 48.5 Å². The number of rotatable bonds is 4. The van der Waals surface area contributed by atoms with Crippen molar-refractivity contribution >= 4 is 23.2 Å². The number of hydrogen-bond acceptors (Lipinski definition) is 5. The van der Waals surface area contributed by atoms with Crippen LogP contribution < -0.4 is 10.1 Å². The lowest BCUT2D eigenvalue weighted by atomic mass is 9.73. The van der Waals surface area contributed by atoms with Crippen LogP contribution in [0.5, 0.6) is 5.75 Å². The van der Waals surface area contributed by atoms with Gasteiger partial charge in [0.2, 0.25) is 11.8 Å². The number of nitro benzene ring substituents is 1. The van der Waals surface area contributed by atoms with Crippen molar-refractivity contribution in [3.05, 3.63) is 64.2 Å². The molecule has 1 fully saturated rings. The summed E-state index contributed by atoms with van der Waals surface area (Å²) in [4.78, 5) is 38.5. The second-order valence-corrected chi connectivity index (χ2v) is 7.48. The van der Waals surface area contributed by atoms with E-state index >= 15 is 0 Å². The quantitative estimate of drug-likeness (QED) is 0.486. The van der Waals surface area contributed by atoms with E-state index in [0.717, 1.165) is 5.56 Å². The van der Waals surface area contributed by atoms with E-state index in [-0.39, 0.29) is 23.2 Å². The molecule has 0 radical (unpaired) electrons. The maximum atomic E-state index is 13.3. The number of para-hydroxylation sites is 1. The number of nitrogens with zero attached hydrogens (tertiary/aromatic N) is 2. The topological polar surface area (TPSA) is 102 Å². The highest BCUT2D eigenvalue weighted by molar-refractivity contribution is 6.08. The Morgan fingerprint density at radius 2 is 2.07 bits per heavy atom. The maximum absolute atomic E-state index is 13.3. The van der Waals surface area contributed by atoms with Crippen LogP contribution in [0.3, 0.4) is 0 Å². The molecule has 150 valence electrons. The highest BCUT2D eigenvalue weighted by Crippen LogP contribution is 2.50. The Labute approximate surface area is 167 Å². The summed E-state index contributed by atoms with van der Waals surface area (Å²) in [6, 6.07) is 13.1. The molecule has 8 heteroatoms. The van der Waals surface area contributed by atoms with Crippen molar-refractivity contribution in [2.45, 2.75) is 31.9 Å². The number of piperidine rings is 1. The number of fused-ring (bicyclic) bond motifs is 4. The molecule has 3 unspecified atom stereocenters. The summed E-state index contributed by atoms with van der Waals surface area (Å²) in [6.45, 7) is 4.12. The smallest absolute Gasteiger partial charge is 0.271 e. The van der Waals surface area contributed by atoms with Crippen LogP contribution in [-0.2, 0) is 9.59 Å². The molecular formula is C21H21N3O5. The van der Waals surface area contributed by atoms with Crippen LogP contribution >= 0.6 is 0 Å². The van der Waals surface area contributed by atoms with Crippen molar-refractivity contribution in [3.63, 3.8) is 0 Å². The number of anilines is 1. The molecule has 29 heavy (non-hydrogen) atoms. The zero-order chi connectivity index (χ0) is 20.8. The molecule has 0 saturated carbocycles. The summed E-state index contributed by atoms with van der Waals surface area (Å²) < 4.78 is 6.15. The fourth-order valence-electron chi connectivity index (χ4n) is 4.41. The van der Waals surface area contributed by atoms with Gasteiger partial charge in [-0.25, -0.2) is 0 Å². The van der Waals surface area contributed by atoms with Gasteiger partial charge in [-0.3, -0.25) is 19.7 Å². The van der Waals surface area contributed by atoms with Crippen LogP contribution in [0.2, 0.25) is 0 Å². The molecule has 2 aliphatic rings. The molecule has 0 spiro atoms. The minimum absolute atomic E-state index is 0.128. The average Bonchev–Trinajstić information content (AvgIpc) is 2.68. The molecule has 2 aliphatic heterocycles. The van der Waals surface area contributed by atoms with Gasteiger partial charge >= 0.3 is 0 Å². The lowest BCUT2D eigenvalue weighted by molar-refractivity contribution is -0.384. The van der Waals surface area contributed by atoms with Gasteiger partial charge in [0.25, 0.3) is 5.69 Å². The van der Waals surface area contributed by atoms with E-state index in [0.29, 0.717) is 18.7 Å². The third-order valence-electron chi connectivity index (χ3n) is 5.68. The fraction of sp³-hybridized carbons (Fsp3) is 0.333. The SMILES string of the molecule is CCN1C(=O)C(C(=O)Nc2cccc([N+](=O)[O-])c2)C2CC1(C)Oc1ccccc12. The van der Waals surface area contributed by atoms with Gasteiger partial charge < -0.3 is 15.0 Å². The van der Waals surface area contributed by atoms with Gasteiger partial charge in [-0.1, -0.05) is 24.3 Å². The first kappa shape index (κ1) is 18.9. The van der Waals surface area contributed by atoms with E-state index in [2.05, 4.69) is 5.32 Å². The molecule has 2 amide bonds. The zero-order valence-corrected chi connectivity index (χ0v) is 16.1. The largest absolute Gasteiger partial charge is 0.468 e. The minimum atomic E-state index is -0.938. The monoisotopic (exact) mass is 395 g/mol. The Balaban J connectivity index is 1.71. The van der Waals surface area contributed by atoms with E-state index < -0.39 is 22.5 Å². The van der Waals surface area contributed by atoms with Gasteiger partial charge in [0, 0.05) is 36.7 Å². The van der Waals surface area contributed by atoms with Crippen molar-refractivity contribution in [1.82, 2.24) is 4.90 Å². The number of benzene rings is 2. The summed E-state index contributed by atoms with van der Waals surface area (Å²) in [7, 11) is 0. The summed E-state index contributed by atoms with van der Waals surface area (Å²) in [5, 5.41) is 13.7. The van der Waals surface area contributed by atoms with Crippen molar-refractivity contribution in [2.75, 3.05) is 11.9 Å². The summed E-state index contributed by atoms with van der Waals surface area (Å²) in [6.07, 6.45) is 0.497. The lowest BCUT2D eigenvalue weighted by Gasteiger charge is -2.52. The number of nitro groups is 1. The fourth-order valence-corrected chi connectivity index (χ4v) is 4.41. The van der Waals surface area contributed by atoms with E-state index in [4.69, 9.17) is 4.74 Å². The van der Waals surface area contributed by atoms with Crippen LogP contribution in [0.25, 0.3) is 0 Å². The normalized spacial score (nSPS) is 25.0. The molecule has 2 heterocycles. The third kappa shape index (κ3) is 3.10. The number of likely N-dealkylation sites (tertiary alicyclic amines) is 1. The van der Waals surface area contributed by atoms with E-state index in [9.17, 15) is 19.7 Å². The molecule has 8 nitrogen and oxygen atoms in total. The Morgan fingerprint density at radius 3 is 2.79 bits per heavy atom. The number of carbonyl (C=O) groups excluding carboxylic acids is 2. The third-order valence-corrected chi connectivity index (χ3v) is 5.68. The van der Waals surface area contributed by atoms with Crippen LogP contribution in [-0.4, -0.2) is 33.9 Å². The highest BCUT2D eigenvalue weighted by Gasteiger charge is 2.55. The predicted molar refractivity (Wildman–Crippen MR) is 105 cm³/mol. The van der Waals surface area contributed by atoms with Crippen LogP contribution in [0, 0.1) is 16.0 Å². The molecule has 1 N–H and O–H groups in total. The number of hydrogen-bond donors (Lipinski definition) is 1. The molecule has 2 bridgehead atoms. The molecule has 1 saturated heterocycles.